The quantitative estimate of drug-likeness (QED) is 0.834. The van der Waals surface area contributed by atoms with E-state index in [0.29, 0.717) is 5.82 Å². The molecule has 0 fully saturated rings. The fourth-order valence-electron chi connectivity index (χ4n) is 1.29. The van der Waals surface area contributed by atoms with Gasteiger partial charge in [-0.05, 0) is 23.4 Å². The molecule has 0 aliphatic rings. The highest BCUT2D eigenvalue weighted by molar-refractivity contribution is 8.01. The van der Waals surface area contributed by atoms with E-state index < -0.39 is 0 Å². The van der Waals surface area contributed by atoms with E-state index in [1.54, 1.807) is 18.0 Å². The molecule has 0 radical (unpaired) electrons. The van der Waals surface area contributed by atoms with Crippen LogP contribution in [0.3, 0.4) is 0 Å². The molecule has 0 spiro atoms. The fourth-order valence-corrected chi connectivity index (χ4v) is 3.18. The van der Waals surface area contributed by atoms with Crippen molar-refractivity contribution in [3.8, 4) is 11.1 Å². The summed E-state index contributed by atoms with van der Waals surface area (Å²) in [7, 11) is 0. The third kappa shape index (κ3) is 2.13. The minimum absolute atomic E-state index is 0.601. The highest BCUT2D eigenvalue weighted by Crippen LogP contribution is 2.38. The van der Waals surface area contributed by atoms with Crippen molar-refractivity contribution in [1.29, 1.82) is 0 Å². The van der Waals surface area contributed by atoms with E-state index in [9.17, 15) is 0 Å². The lowest BCUT2D eigenvalue weighted by Crippen LogP contribution is -1.88. The van der Waals surface area contributed by atoms with Gasteiger partial charge >= 0.3 is 0 Å². The lowest BCUT2D eigenvalue weighted by molar-refractivity contribution is 1.32. The molecule has 0 saturated heterocycles. The molecule has 2 aromatic heterocycles. The number of aromatic nitrogens is 2. The third-order valence-electron chi connectivity index (χ3n) is 1.91. The molecule has 2 N–H and O–H groups in total. The Morgan fingerprint density at radius 1 is 1.53 bits per heavy atom. The van der Waals surface area contributed by atoms with Crippen LogP contribution in [-0.2, 0) is 0 Å². The summed E-state index contributed by atoms with van der Waals surface area (Å²) in [5.74, 6) is 1.62. The number of hydrogen-bond acceptors (Lipinski definition) is 5. The minimum Gasteiger partial charge on any atom is -0.382 e. The first kappa shape index (κ1) is 10.4. The van der Waals surface area contributed by atoms with Crippen LogP contribution in [0.4, 0.5) is 5.82 Å². The average Bonchev–Trinajstić information content (AvgIpc) is 2.62. The first-order chi connectivity index (χ1) is 7.33. The van der Waals surface area contributed by atoms with E-state index in [-0.39, 0.29) is 0 Å². The molecule has 2 rings (SSSR count). The molecule has 0 aliphatic carbocycles. The van der Waals surface area contributed by atoms with Crippen molar-refractivity contribution in [1.82, 2.24) is 9.36 Å². The van der Waals surface area contributed by atoms with Gasteiger partial charge in [0.2, 0.25) is 0 Å². The maximum absolute atomic E-state index is 5.86. The van der Waals surface area contributed by atoms with Crippen molar-refractivity contribution in [2.24, 2.45) is 0 Å². The van der Waals surface area contributed by atoms with Crippen molar-refractivity contribution in [2.45, 2.75) is 11.1 Å². The van der Waals surface area contributed by atoms with E-state index in [1.165, 1.54) is 15.7 Å². The molecule has 0 saturated carbocycles. The Morgan fingerprint density at radius 3 is 3.07 bits per heavy atom. The number of nitrogen functional groups attached to an aromatic ring is 1. The second-order valence-corrected chi connectivity index (χ2v) is 5.21. The van der Waals surface area contributed by atoms with Crippen LogP contribution < -0.4 is 5.73 Å². The summed E-state index contributed by atoms with van der Waals surface area (Å²) >= 11 is 3.22. The van der Waals surface area contributed by atoms with E-state index >= 15 is 0 Å². The smallest absolute Gasteiger partial charge is 0.146 e. The Morgan fingerprint density at radius 2 is 2.40 bits per heavy atom. The maximum Gasteiger partial charge on any atom is 0.146 e. The Bertz CT molecular complexity index is 439. The van der Waals surface area contributed by atoms with Crippen molar-refractivity contribution < 1.29 is 0 Å². The lowest BCUT2D eigenvalue weighted by atomic mass is 10.1. The molecule has 0 bridgehead atoms. The average molecular weight is 237 g/mol. The molecule has 0 amide bonds. The molecule has 78 valence electrons. The summed E-state index contributed by atoms with van der Waals surface area (Å²) in [5.41, 5.74) is 7.93. The number of hydrogen-bond donors (Lipinski definition) is 1. The van der Waals surface area contributed by atoms with Gasteiger partial charge in [0.25, 0.3) is 0 Å². The first-order valence-electron chi connectivity index (χ1n) is 4.61. The van der Waals surface area contributed by atoms with Crippen LogP contribution in [0.25, 0.3) is 11.1 Å². The molecule has 0 aromatic carbocycles. The van der Waals surface area contributed by atoms with Crippen molar-refractivity contribution in [3.63, 3.8) is 0 Å². The monoisotopic (exact) mass is 237 g/mol. The van der Waals surface area contributed by atoms with Gasteiger partial charge in [-0.3, -0.25) is 4.98 Å². The molecule has 15 heavy (non-hydrogen) atoms. The molecule has 2 heterocycles. The Kier molecular flexibility index (Phi) is 3.23. The zero-order valence-corrected chi connectivity index (χ0v) is 9.94. The van der Waals surface area contributed by atoms with Gasteiger partial charge in [0.1, 0.15) is 5.82 Å². The molecular formula is C10H11N3S2. The number of thioether (sulfide) groups is 1. The summed E-state index contributed by atoms with van der Waals surface area (Å²) in [6, 6.07) is 3.92. The van der Waals surface area contributed by atoms with Crippen LogP contribution in [-0.4, -0.2) is 15.1 Å². The predicted octanol–water partition coefficient (Wildman–Crippen LogP) is 2.90. The van der Waals surface area contributed by atoms with Gasteiger partial charge < -0.3 is 5.73 Å². The lowest BCUT2D eigenvalue weighted by Gasteiger charge is -2.01. The molecule has 3 nitrogen and oxygen atoms in total. The maximum atomic E-state index is 5.86. The second kappa shape index (κ2) is 4.63. The zero-order chi connectivity index (χ0) is 10.7. The molecule has 0 atom stereocenters. The Balaban J connectivity index is 2.47. The van der Waals surface area contributed by atoms with Crippen LogP contribution >= 0.6 is 23.3 Å². The molecule has 2 aromatic rings. The number of rotatable bonds is 3. The fraction of sp³-hybridized carbons (Fsp3) is 0.200. The van der Waals surface area contributed by atoms with Crippen molar-refractivity contribution in [3.05, 3.63) is 24.5 Å². The summed E-state index contributed by atoms with van der Waals surface area (Å²) in [6.45, 7) is 2.12. The van der Waals surface area contributed by atoms with E-state index in [4.69, 9.17) is 5.73 Å². The van der Waals surface area contributed by atoms with Crippen LogP contribution in [0, 0.1) is 0 Å². The van der Waals surface area contributed by atoms with Gasteiger partial charge in [-0.15, -0.1) is 11.8 Å². The van der Waals surface area contributed by atoms with Crippen molar-refractivity contribution in [2.75, 3.05) is 11.5 Å². The van der Waals surface area contributed by atoms with Crippen LogP contribution in [0.2, 0.25) is 0 Å². The van der Waals surface area contributed by atoms with Gasteiger partial charge in [0, 0.05) is 18.0 Å². The van der Waals surface area contributed by atoms with E-state index in [0.717, 1.165) is 16.9 Å². The second-order valence-electron chi connectivity index (χ2n) is 2.90. The number of nitrogens with two attached hydrogens (primary N) is 1. The van der Waals surface area contributed by atoms with Crippen molar-refractivity contribution >= 4 is 29.1 Å². The number of anilines is 1. The Labute approximate surface area is 96.9 Å². The molecule has 0 aliphatic heterocycles. The third-order valence-corrected chi connectivity index (χ3v) is 3.90. The SMILES string of the molecule is CCSc1snc(N)c1-c1cccnc1. The number of nitrogens with zero attached hydrogens (tertiary/aromatic N) is 2. The summed E-state index contributed by atoms with van der Waals surface area (Å²) in [4.78, 5) is 4.10. The topological polar surface area (TPSA) is 51.8 Å². The van der Waals surface area contributed by atoms with E-state index in [2.05, 4.69) is 16.3 Å². The van der Waals surface area contributed by atoms with Gasteiger partial charge in [0.15, 0.2) is 0 Å². The molecule has 0 unspecified atom stereocenters. The minimum atomic E-state index is 0.601. The van der Waals surface area contributed by atoms with Crippen LogP contribution in [0.1, 0.15) is 6.92 Å². The molecule has 5 heteroatoms. The standard InChI is InChI=1S/C10H11N3S2/c1-2-14-10-8(9(11)13-15-10)7-4-3-5-12-6-7/h3-6H,2H2,1H3,(H2,11,13). The van der Waals surface area contributed by atoms with Gasteiger partial charge in [0.05, 0.1) is 9.77 Å². The highest BCUT2D eigenvalue weighted by atomic mass is 32.2. The van der Waals surface area contributed by atoms with Crippen LogP contribution in [0.5, 0.6) is 0 Å². The van der Waals surface area contributed by atoms with Gasteiger partial charge in [-0.25, -0.2) is 0 Å². The number of pyridine rings is 1. The highest BCUT2D eigenvalue weighted by Gasteiger charge is 2.13. The first-order valence-corrected chi connectivity index (χ1v) is 6.37. The largest absolute Gasteiger partial charge is 0.382 e. The van der Waals surface area contributed by atoms with Gasteiger partial charge in [-0.2, -0.15) is 4.37 Å². The zero-order valence-electron chi connectivity index (χ0n) is 8.30. The normalized spacial score (nSPS) is 10.5. The summed E-state index contributed by atoms with van der Waals surface area (Å²) < 4.78 is 5.35. The predicted molar refractivity (Wildman–Crippen MR) is 66.2 cm³/mol. The molecular weight excluding hydrogens is 226 g/mol. The van der Waals surface area contributed by atoms with Gasteiger partial charge in [-0.1, -0.05) is 13.0 Å². The summed E-state index contributed by atoms with van der Waals surface area (Å²) in [6.07, 6.45) is 3.58. The van der Waals surface area contributed by atoms with Crippen LogP contribution in [0.15, 0.2) is 28.7 Å². The Hall–Kier alpha value is -1.07. The summed E-state index contributed by atoms with van der Waals surface area (Å²) in [5, 5.41) is 0. The van der Waals surface area contributed by atoms with E-state index in [1.807, 2.05) is 18.3 Å².